The fraction of sp³-hybridized carbons (Fsp3) is 0.650. The highest BCUT2D eigenvalue weighted by atomic mass is 16.4. The molecule has 0 saturated carbocycles. The number of carbonyl (C=O) groups is 7. The van der Waals surface area contributed by atoms with Crippen LogP contribution in [0.1, 0.15) is 52.4 Å². The van der Waals surface area contributed by atoms with Gasteiger partial charge in [-0.15, -0.1) is 0 Å². The van der Waals surface area contributed by atoms with Gasteiger partial charge >= 0.3 is 17.9 Å². The maximum absolute atomic E-state index is 12.9. The fourth-order valence-corrected chi connectivity index (χ4v) is 2.84. The van der Waals surface area contributed by atoms with Gasteiger partial charge in [0.15, 0.2) is 0 Å². The van der Waals surface area contributed by atoms with Gasteiger partial charge in [-0.1, -0.05) is 20.3 Å². The van der Waals surface area contributed by atoms with Crippen molar-refractivity contribution >= 4 is 41.5 Å². The van der Waals surface area contributed by atoms with Crippen LogP contribution in [0.4, 0.5) is 0 Å². The Hall–Kier alpha value is -3.75. The number of carbonyl (C=O) groups excluding carboxylic acids is 4. The van der Waals surface area contributed by atoms with Crippen molar-refractivity contribution in [3.63, 3.8) is 0 Å². The van der Waals surface area contributed by atoms with E-state index in [1.807, 2.05) is 0 Å². The van der Waals surface area contributed by atoms with E-state index in [2.05, 4.69) is 16.0 Å². The number of nitrogens with two attached hydrogens (primary N) is 2. The van der Waals surface area contributed by atoms with Gasteiger partial charge in [0.05, 0.1) is 12.5 Å². The first-order valence-corrected chi connectivity index (χ1v) is 10.8. The first-order valence-electron chi connectivity index (χ1n) is 10.8. The minimum atomic E-state index is -1.75. The summed E-state index contributed by atoms with van der Waals surface area (Å²) >= 11 is 0. The van der Waals surface area contributed by atoms with Crippen molar-refractivity contribution < 1.29 is 48.9 Å². The van der Waals surface area contributed by atoms with Crippen LogP contribution in [-0.2, 0) is 33.6 Å². The van der Waals surface area contributed by atoms with Gasteiger partial charge in [0.25, 0.3) is 0 Å². The molecule has 0 aliphatic heterocycles. The molecule has 15 nitrogen and oxygen atoms in total. The molecule has 0 aliphatic rings. The van der Waals surface area contributed by atoms with Gasteiger partial charge in [-0.3, -0.25) is 28.8 Å². The molecule has 0 aromatic carbocycles. The van der Waals surface area contributed by atoms with E-state index < -0.39 is 84.5 Å². The summed E-state index contributed by atoms with van der Waals surface area (Å²) in [5.74, 6) is -8.28. The summed E-state index contributed by atoms with van der Waals surface area (Å²) in [6.45, 7) is 3.27. The third kappa shape index (κ3) is 12.3. The zero-order valence-electron chi connectivity index (χ0n) is 19.5. The number of amides is 4. The average molecular weight is 504 g/mol. The fourth-order valence-electron chi connectivity index (χ4n) is 2.84. The Labute approximate surface area is 201 Å². The molecular formula is C20H33N5O10. The van der Waals surface area contributed by atoms with Crippen LogP contribution in [0.5, 0.6) is 0 Å². The molecule has 10 N–H and O–H groups in total. The first-order chi connectivity index (χ1) is 16.2. The van der Waals surface area contributed by atoms with E-state index in [9.17, 15) is 33.6 Å². The Morgan fingerprint density at radius 3 is 1.80 bits per heavy atom. The van der Waals surface area contributed by atoms with Crippen LogP contribution in [0.25, 0.3) is 0 Å². The Balaban J connectivity index is 5.62. The minimum Gasteiger partial charge on any atom is -0.481 e. The van der Waals surface area contributed by atoms with Crippen LogP contribution in [0.3, 0.4) is 0 Å². The predicted octanol–water partition coefficient (Wildman–Crippen LogP) is -2.50. The molecule has 35 heavy (non-hydrogen) atoms. The molecule has 5 unspecified atom stereocenters. The predicted molar refractivity (Wildman–Crippen MR) is 118 cm³/mol. The number of aliphatic carboxylic acids is 3. The largest absolute Gasteiger partial charge is 0.481 e. The standard InChI is InChI=1S/C20H33N5O10/c1-3-9(2)16(19(33)24-12(20(34)35)8-15(29)30)25-18(32)11(5-6-13(22)26)23-17(31)10(21)4-7-14(27)28/h9-12,16H,3-8,21H2,1-2H3,(H2,22,26)(H,23,31)(H,24,33)(H,25,32)(H,27,28)(H,29,30)(H,34,35). The lowest BCUT2D eigenvalue weighted by Crippen LogP contribution is -2.58. The summed E-state index contributed by atoms with van der Waals surface area (Å²) in [6, 6.07) is -5.70. The van der Waals surface area contributed by atoms with Crippen molar-refractivity contribution in [1.29, 1.82) is 0 Å². The monoisotopic (exact) mass is 503 g/mol. The quantitative estimate of drug-likeness (QED) is 0.103. The van der Waals surface area contributed by atoms with E-state index in [1.54, 1.807) is 13.8 Å². The van der Waals surface area contributed by atoms with Gasteiger partial charge in [-0.25, -0.2) is 4.79 Å². The van der Waals surface area contributed by atoms with Crippen molar-refractivity contribution in [3.05, 3.63) is 0 Å². The van der Waals surface area contributed by atoms with Crippen molar-refractivity contribution in [1.82, 2.24) is 16.0 Å². The third-order valence-corrected chi connectivity index (χ3v) is 5.10. The summed E-state index contributed by atoms with van der Waals surface area (Å²) in [7, 11) is 0. The number of nitrogens with one attached hydrogen (secondary N) is 3. The molecule has 0 fully saturated rings. The molecule has 0 heterocycles. The molecule has 5 atom stereocenters. The van der Waals surface area contributed by atoms with Gasteiger partial charge in [0.1, 0.15) is 18.1 Å². The van der Waals surface area contributed by atoms with E-state index >= 15 is 0 Å². The molecule has 0 aromatic heterocycles. The molecule has 0 aliphatic carbocycles. The molecule has 0 spiro atoms. The number of hydrogen-bond donors (Lipinski definition) is 8. The normalized spacial score (nSPS) is 14.9. The van der Waals surface area contributed by atoms with Crippen LogP contribution in [-0.4, -0.2) is 81.0 Å². The van der Waals surface area contributed by atoms with Crippen LogP contribution in [0.2, 0.25) is 0 Å². The van der Waals surface area contributed by atoms with E-state index in [-0.39, 0.29) is 19.3 Å². The Morgan fingerprint density at radius 2 is 1.34 bits per heavy atom. The zero-order valence-corrected chi connectivity index (χ0v) is 19.5. The summed E-state index contributed by atoms with van der Waals surface area (Å²) in [5.41, 5.74) is 10.8. The molecule has 198 valence electrons. The summed E-state index contributed by atoms with van der Waals surface area (Å²) in [5, 5.41) is 33.5. The third-order valence-electron chi connectivity index (χ3n) is 5.10. The zero-order chi connectivity index (χ0) is 27.3. The summed E-state index contributed by atoms with van der Waals surface area (Å²) < 4.78 is 0. The van der Waals surface area contributed by atoms with Crippen molar-refractivity contribution in [2.75, 3.05) is 0 Å². The van der Waals surface area contributed by atoms with E-state index in [4.69, 9.17) is 26.8 Å². The lowest BCUT2D eigenvalue weighted by atomic mass is 9.97. The second-order valence-electron chi connectivity index (χ2n) is 7.97. The number of carboxylic acids is 3. The van der Waals surface area contributed by atoms with E-state index in [0.717, 1.165) is 0 Å². The molecule has 4 amide bonds. The maximum Gasteiger partial charge on any atom is 0.326 e. The lowest BCUT2D eigenvalue weighted by Gasteiger charge is -2.28. The van der Waals surface area contributed by atoms with E-state index in [1.165, 1.54) is 0 Å². The number of rotatable bonds is 17. The second-order valence-corrected chi connectivity index (χ2v) is 7.97. The van der Waals surface area contributed by atoms with Crippen molar-refractivity contribution in [3.8, 4) is 0 Å². The molecule has 0 radical (unpaired) electrons. The number of primary amides is 1. The smallest absolute Gasteiger partial charge is 0.326 e. The Bertz CT molecular complexity index is 818. The molecule has 0 rings (SSSR count). The molecule has 15 heteroatoms. The van der Waals surface area contributed by atoms with Crippen LogP contribution < -0.4 is 27.4 Å². The van der Waals surface area contributed by atoms with Gasteiger partial charge in [-0.2, -0.15) is 0 Å². The first kappa shape index (κ1) is 31.2. The van der Waals surface area contributed by atoms with E-state index in [0.29, 0.717) is 6.42 Å². The minimum absolute atomic E-state index is 0.219. The van der Waals surface area contributed by atoms with Gasteiger partial charge in [0, 0.05) is 12.8 Å². The van der Waals surface area contributed by atoms with Crippen LogP contribution in [0, 0.1) is 5.92 Å². The van der Waals surface area contributed by atoms with Crippen LogP contribution in [0.15, 0.2) is 0 Å². The Morgan fingerprint density at radius 1 is 0.771 bits per heavy atom. The molecule has 0 aromatic rings. The maximum atomic E-state index is 12.9. The van der Waals surface area contributed by atoms with Crippen molar-refractivity contribution in [2.24, 2.45) is 17.4 Å². The summed E-state index contributed by atoms with van der Waals surface area (Å²) in [6.07, 6.45) is -1.73. The van der Waals surface area contributed by atoms with Gasteiger partial charge < -0.3 is 42.7 Å². The SMILES string of the molecule is CCC(C)C(NC(=O)C(CCC(N)=O)NC(=O)C(N)CCC(=O)O)C(=O)NC(CC(=O)O)C(=O)O. The number of carboxylic acid groups (broad SMARTS) is 3. The highest BCUT2D eigenvalue weighted by Gasteiger charge is 2.33. The summed E-state index contributed by atoms with van der Waals surface area (Å²) in [4.78, 5) is 82.0. The van der Waals surface area contributed by atoms with Crippen molar-refractivity contribution in [2.45, 2.75) is 76.5 Å². The lowest BCUT2D eigenvalue weighted by molar-refractivity contribution is -0.147. The topological polar surface area (TPSA) is 268 Å². The average Bonchev–Trinajstić information content (AvgIpc) is 2.76. The molecule has 0 bridgehead atoms. The van der Waals surface area contributed by atoms with Crippen LogP contribution >= 0.6 is 0 Å². The molecule has 0 saturated heterocycles. The molecular weight excluding hydrogens is 470 g/mol. The highest BCUT2D eigenvalue weighted by molar-refractivity contribution is 5.95. The van der Waals surface area contributed by atoms with Gasteiger partial charge in [0.2, 0.25) is 23.6 Å². The van der Waals surface area contributed by atoms with Gasteiger partial charge in [-0.05, 0) is 18.8 Å². The highest BCUT2D eigenvalue weighted by Crippen LogP contribution is 2.11. The Kier molecular flexibility index (Phi) is 13.6. The number of hydrogen-bond acceptors (Lipinski definition) is 8. The second kappa shape index (κ2) is 15.2.